The Hall–Kier alpha value is -2.51. The van der Waals surface area contributed by atoms with E-state index in [0.717, 1.165) is 18.9 Å². The molecule has 0 radical (unpaired) electrons. The lowest BCUT2D eigenvalue weighted by atomic mass is 10.2. The first-order chi connectivity index (χ1) is 12.7. The highest BCUT2D eigenvalue weighted by Crippen LogP contribution is 2.29. The summed E-state index contributed by atoms with van der Waals surface area (Å²) in [5.41, 5.74) is 2.55. The van der Waals surface area contributed by atoms with E-state index in [-0.39, 0.29) is 5.28 Å². The van der Waals surface area contributed by atoms with Crippen LogP contribution in [0.5, 0.6) is 0 Å². The van der Waals surface area contributed by atoms with Gasteiger partial charge in [0.2, 0.25) is 5.28 Å². The summed E-state index contributed by atoms with van der Waals surface area (Å²) >= 11 is 6.23. The van der Waals surface area contributed by atoms with E-state index >= 15 is 0 Å². The van der Waals surface area contributed by atoms with E-state index in [0.29, 0.717) is 36.6 Å². The van der Waals surface area contributed by atoms with E-state index in [1.165, 1.54) is 5.56 Å². The largest absolute Gasteiger partial charge is 0.378 e. The SMILES string of the molecule is CN(Cc1ccccc1)c1nc(Cl)nc2c(N3CCOCC3)ncnc12. The number of benzene rings is 1. The van der Waals surface area contributed by atoms with Crippen molar-refractivity contribution in [3.8, 4) is 0 Å². The van der Waals surface area contributed by atoms with Gasteiger partial charge >= 0.3 is 0 Å². The molecule has 0 unspecified atom stereocenters. The second-order valence-electron chi connectivity index (χ2n) is 6.15. The molecule has 2 aromatic heterocycles. The Labute approximate surface area is 156 Å². The van der Waals surface area contributed by atoms with Crippen molar-refractivity contribution in [1.29, 1.82) is 0 Å². The normalized spacial score (nSPS) is 14.6. The third kappa shape index (κ3) is 3.40. The van der Waals surface area contributed by atoms with Gasteiger partial charge < -0.3 is 14.5 Å². The highest BCUT2D eigenvalue weighted by molar-refractivity contribution is 6.29. The highest BCUT2D eigenvalue weighted by atomic mass is 35.5. The maximum atomic E-state index is 6.23. The van der Waals surface area contributed by atoms with Crippen LogP contribution < -0.4 is 9.80 Å². The Kier molecular flexibility index (Phi) is 4.81. The van der Waals surface area contributed by atoms with Gasteiger partial charge in [0, 0.05) is 26.7 Å². The molecule has 1 fully saturated rings. The molecule has 0 saturated carbocycles. The van der Waals surface area contributed by atoms with Crippen LogP contribution in [0.15, 0.2) is 36.7 Å². The topological polar surface area (TPSA) is 67.3 Å². The first-order valence-corrected chi connectivity index (χ1v) is 8.86. The van der Waals surface area contributed by atoms with Crippen LogP contribution in [-0.2, 0) is 11.3 Å². The van der Waals surface area contributed by atoms with Gasteiger partial charge in [-0.25, -0.2) is 15.0 Å². The molecular weight excluding hydrogens is 352 g/mol. The molecule has 1 saturated heterocycles. The van der Waals surface area contributed by atoms with E-state index in [9.17, 15) is 0 Å². The summed E-state index contributed by atoms with van der Waals surface area (Å²) < 4.78 is 5.43. The Morgan fingerprint density at radius 1 is 1.08 bits per heavy atom. The fourth-order valence-electron chi connectivity index (χ4n) is 3.10. The molecule has 7 nitrogen and oxygen atoms in total. The molecule has 3 heterocycles. The average molecular weight is 371 g/mol. The smallest absolute Gasteiger partial charge is 0.225 e. The molecule has 0 spiro atoms. The first kappa shape index (κ1) is 16.9. The monoisotopic (exact) mass is 370 g/mol. The van der Waals surface area contributed by atoms with Crippen molar-refractivity contribution in [3.05, 3.63) is 47.5 Å². The number of anilines is 2. The van der Waals surface area contributed by atoms with Crippen LogP contribution in [0.2, 0.25) is 5.28 Å². The summed E-state index contributed by atoms with van der Waals surface area (Å²) in [5, 5.41) is 0.191. The van der Waals surface area contributed by atoms with Crippen molar-refractivity contribution < 1.29 is 4.74 Å². The van der Waals surface area contributed by atoms with Crippen LogP contribution in [0.25, 0.3) is 11.0 Å². The maximum absolute atomic E-state index is 6.23. The van der Waals surface area contributed by atoms with Crippen molar-refractivity contribution in [2.75, 3.05) is 43.2 Å². The Bertz CT molecular complexity index is 901. The van der Waals surface area contributed by atoms with Crippen LogP contribution in [0.4, 0.5) is 11.6 Å². The number of hydrogen-bond donors (Lipinski definition) is 0. The molecule has 1 aliphatic heterocycles. The van der Waals surface area contributed by atoms with E-state index in [2.05, 4.69) is 37.0 Å². The zero-order valence-corrected chi connectivity index (χ0v) is 15.2. The summed E-state index contributed by atoms with van der Waals surface area (Å²) in [6.45, 7) is 3.57. The number of nitrogens with zero attached hydrogens (tertiary/aromatic N) is 6. The molecule has 8 heteroatoms. The summed E-state index contributed by atoms with van der Waals surface area (Å²) in [6, 6.07) is 10.2. The van der Waals surface area contributed by atoms with Crippen molar-refractivity contribution in [2.45, 2.75) is 6.54 Å². The zero-order chi connectivity index (χ0) is 17.9. The lowest BCUT2D eigenvalue weighted by Gasteiger charge is -2.28. The zero-order valence-electron chi connectivity index (χ0n) is 14.5. The van der Waals surface area contributed by atoms with Gasteiger partial charge in [0.25, 0.3) is 0 Å². The third-order valence-corrected chi connectivity index (χ3v) is 4.52. The van der Waals surface area contributed by atoms with E-state index in [4.69, 9.17) is 16.3 Å². The first-order valence-electron chi connectivity index (χ1n) is 8.48. The van der Waals surface area contributed by atoms with E-state index < -0.39 is 0 Å². The number of ether oxygens (including phenoxy) is 1. The van der Waals surface area contributed by atoms with Gasteiger partial charge in [0.1, 0.15) is 17.4 Å². The number of morpholine rings is 1. The molecule has 0 atom stereocenters. The molecule has 0 N–H and O–H groups in total. The highest BCUT2D eigenvalue weighted by Gasteiger charge is 2.20. The lowest BCUT2D eigenvalue weighted by molar-refractivity contribution is 0.122. The summed E-state index contributed by atoms with van der Waals surface area (Å²) in [6.07, 6.45) is 1.56. The Balaban J connectivity index is 1.75. The van der Waals surface area contributed by atoms with Crippen molar-refractivity contribution in [1.82, 2.24) is 19.9 Å². The third-order valence-electron chi connectivity index (χ3n) is 4.35. The minimum atomic E-state index is 0.191. The van der Waals surface area contributed by atoms with Crippen molar-refractivity contribution in [2.24, 2.45) is 0 Å². The molecule has 4 rings (SSSR count). The molecule has 3 aromatic rings. The predicted molar refractivity (Wildman–Crippen MR) is 102 cm³/mol. The molecular formula is C18H19ClN6O. The van der Waals surface area contributed by atoms with E-state index in [1.807, 2.05) is 30.1 Å². The summed E-state index contributed by atoms with van der Waals surface area (Å²) in [5.74, 6) is 1.47. The van der Waals surface area contributed by atoms with Crippen molar-refractivity contribution >= 4 is 34.3 Å². The van der Waals surface area contributed by atoms with Gasteiger partial charge in [-0.1, -0.05) is 30.3 Å². The lowest BCUT2D eigenvalue weighted by Crippen LogP contribution is -2.37. The van der Waals surface area contributed by atoms with Gasteiger partial charge in [-0.3, -0.25) is 0 Å². The molecule has 26 heavy (non-hydrogen) atoms. The van der Waals surface area contributed by atoms with Crippen LogP contribution in [-0.4, -0.2) is 53.3 Å². The van der Waals surface area contributed by atoms with E-state index in [1.54, 1.807) is 6.33 Å². The summed E-state index contributed by atoms with van der Waals surface area (Å²) in [4.78, 5) is 21.9. The second kappa shape index (κ2) is 7.39. The second-order valence-corrected chi connectivity index (χ2v) is 6.49. The van der Waals surface area contributed by atoms with Gasteiger partial charge in [-0.05, 0) is 17.2 Å². The quantitative estimate of drug-likeness (QED) is 0.654. The minimum absolute atomic E-state index is 0.191. The molecule has 0 aliphatic carbocycles. The number of aromatic nitrogens is 4. The minimum Gasteiger partial charge on any atom is -0.378 e. The van der Waals surface area contributed by atoms with Gasteiger partial charge in [0.15, 0.2) is 11.6 Å². The van der Waals surface area contributed by atoms with Crippen LogP contribution in [0, 0.1) is 0 Å². The Morgan fingerprint density at radius 2 is 1.85 bits per heavy atom. The fraction of sp³-hybridized carbons (Fsp3) is 0.333. The summed E-state index contributed by atoms with van der Waals surface area (Å²) in [7, 11) is 1.97. The number of halogens is 1. The molecule has 1 aromatic carbocycles. The number of rotatable bonds is 4. The standard InChI is InChI=1S/C18H19ClN6O/c1-24(11-13-5-3-2-4-6-13)17-14-15(22-18(19)23-17)16(21-12-20-14)25-7-9-26-10-8-25/h2-6,12H,7-11H2,1H3. The van der Waals surface area contributed by atoms with Gasteiger partial charge in [-0.2, -0.15) is 4.98 Å². The van der Waals surface area contributed by atoms with Crippen LogP contribution >= 0.6 is 11.6 Å². The van der Waals surface area contributed by atoms with Crippen LogP contribution in [0.3, 0.4) is 0 Å². The molecule has 1 aliphatic rings. The van der Waals surface area contributed by atoms with Gasteiger partial charge in [-0.15, -0.1) is 0 Å². The molecule has 0 amide bonds. The maximum Gasteiger partial charge on any atom is 0.225 e. The van der Waals surface area contributed by atoms with Gasteiger partial charge in [0.05, 0.1) is 13.2 Å². The molecule has 134 valence electrons. The van der Waals surface area contributed by atoms with Crippen LogP contribution in [0.1, 0.15) is 5.56 Å². The Morgan fingerprint density at radius 3 is 2.62 bits per heavy atom. The fourth-order valence-corrected chi connectivity index (χ4v) is 3.26. The average Bonchev–Trinajstić information content (AvgIpc) is 2.68. The predicted octanol–water partition coefficient (Wildman–Crippen LogP) is 2.55. The number of fused-ring (bicyclic) bond motifs is 1. The van der Waals surface area contributed by atoms with Crippen molar-refractivity contribution in [3.63, 3.8) is 0 Å². The number of hydrogen-bond acceptors (Lipinski definition) is 7. The molecule has 0 bridgehead atoms.